The molecule has 0 aliphatic carbocycles. The minimum Gasteiger partial charge on any atom is -0.0856 e. The van der Waals surface area contributed by atoms with Crippen LogP contribution in [0.2, 0.25) is 0 Å². The number of allylic oxidation sites excluding steroid dienone is 3. The summed E-state index contributed by atoms with van der Waals surface area (Å²) in [6.07, 6.45) is 4.67. The summed E-state index contributed by atoms with van der Waals surface area (Å²) < 4.78 is 2.15. The van der Waals surface area contributed by atoms with Crippen molar-refractivity contribution in [3.05, 3.63) is 21.3 Å². The third-order valence-electron chi connectivity index (χ3n) is 1.28. The first-order chi connectivity index (χ1) is 4.66. The van der Waals surface area contributed by atoms with E-state index >= 15 is 0 Å². The monoisotopic (exact) mass is 250 g/mol. The Bertz CT molecular complexity index is 139. The molecule has 0 nitrogen and oxygen atoms in total. The molecule has 0 saturated carbocycles. The molecule has 0 radical (unpaired) electrons. The third-order valence-corrected chi connectivity index (χ3v) is 2.34. The maximum atomic E-state index is 2.29. The van der Waals surface area contributed by atoms with Gasteiger partial charge in [0.2, 0.25) is 0 Å². The molecule has 0 aromatic heterocycles. The van der Waals surface area contributed by atoms with E-state index in [1.165, 1.54) is 24.0 Å². The number of halogens is 1. The molecule has 0 aromatic carbocycles. The molecule has 0 unspecified atom stereocenters. The van der Waals surface area contributed by atoms with Gasteiger partial charge in [0.1, 0.15) is 0 Å². The van der Waals surface area contributed by atoms with Gasteiger partial charge in [0.15, 0.2) is 0 Å². The lowest BCUT2D eigenvalue weighted by molar-refractivity contribution is 0.972. The van der Waals surface area contributed by atoms with Crippen LogP contribution in [0, 0.1) is 0 Å². The molecule has 0 N–H and O–H groups in total. The highest BCUT2D eigenvalue weighted by Gasteiger charge is 1.85. The van der Waals surface area contributed by atoms with Gasteiger partial charge in [0, 0.05) is 0 Å². The Kier molecular flexibility index (Phi) is 6.08. The van der Waals surface area contributed by atoms with Crippen LogP contribution in [0.3, 0.4) is 0 Å². The molecule has 0 bridgehead atoms. The minimum absolute atomic E-state index is 1.19. The molecule has 0 aromatic rings. The Balaban J connectivity index is 3.47. The van der Waals surface area contributed by atoms with Crippen molar-refractivity contribution in [3.8, 4) is 0 Å². The maximum absolute atomic E-state index is 2.29. The van der Waals surface area contributed by atoms with Crippen LogP contribution in [0.25, 0.3) is 0 Å². The topological polar surface area (TPSA) is 0 Å². The average molecular weight is 250 g/mol. The molecule has 58 valence electrons. The molecule has 0 atom stereocenters. The highest BCUT2D eigenvalue weighted by molar-refractivity contribution is 14.1. The van der Waals surface area contributed by atoms with Crippen molar-refractivity contribution < 1.29 is 0 Å². The van der Waals surface area contributed by atoms with E-state index in [1.807, 2.05) is 0 Å². The van der Waals surface area contributed by atoms with E-state index in [2.05, 4.69) is 53.5 Å². The second-order valence-corrected chi connectivity index (χ2v) is 3.40. The molecule has 10 heavy (non-hydrogen) atoms. The lowest BCUT2D eigenvalue weighted by Crippen LogP contribution is -1.73. The fourth-order valence-electron chi connectivity index (χ4n) is 0.643. The van der Waals surface area contributed by atoms with Gasteiger partial charge in [-0.15, -0.1) is 0 Å². The van der Waals surface area contributed by atoms with Crippen molar-refractivity contribution in [2.45, 2.75) is 33.6 Å². The van der Waals surface area contributed by atoms with Gasteiger partial charge in [0.05, 0.1) is 0 Å². The predicted octanol–water partition coefficient (Wildman–Crippen LogP) is 4.07. The van der Waals surface area contributed by atoms with E-state index in [0.717, 1.165) is 0 Å². The van der Waals surface area contributed by atoms with Gasteiger partial charge in [-0.25, -0.2) is 0 Å². The van der Waals surface area contributed by atoms with Crippen molar-refractivity contribution in [1.82, 2.24) is 0 Å². The minimum atomic E-state index is 1.19. The Hall–Kier alpha value is 0.210. The Morgan fingerprint density at radius 2 is 1.90 bits per heavy atom. The highest BCUT2D eigenvalue weighted by atomic mass is 127. The second-order valence-electron chi connectivity index (χ2n) is 2.78. The smallest absolute Gasteiger partial charge is 0.0244 e. The summed E-state index contributed by atoms with van der Waals surface area (Å²) >= 11 is 2.29. The van der Waals surface area contributed by atoms with Gasteiger partial charge >= 0.3 is 0 Å². The van der Waals surface area contributed by atoms with E-state index in [1.54, 1.807) is 0 Å². The summed E-state index contributed by atoms with van der Waals surface area (Å²) in [4.78, 5) is 0. The van der Waals surface area contributed by atoms with Crippen LogP contribution in [0.5, 0.6) is 0 Å². The van der Waals surface area contributed by atoms with Crippen LogP contribution in [-0.4, -0.2) is 0 Å². The van der Waals surface area contributed by atoms with Crippen LogP contribution >= 0.6 is 22.6 Å². The second kappa shape index (κ2) is 5.96. The standard InChI is InChI=1S/C9H15I/c1-8(2)5-4-6-9(3)7-10/h5,7H,4,6H2,1-3H3. The molecular weight excluding hydrogens is 235 g/mol. The van der Waals surface area contributed by atoms with Gasteiger partial charge in [-0.05, 0) is 37.7 Å². The van der Waals surface area contributed by atoms with E-state index in [4.69, 9.17) is 0 Å². The summed E-state index contributed by atoms with van der Waals surface area (Å²) in [6, 6.07) is 0. The van der Waals surface area contributed by atoms with Crippen molar-refractivity contribution in [3.63, 3.8) is 0 Å². The lowest BCUT2D eigenvalue weighted by Gasteiger charge is -1.94. The van der Waals surface area contributed by atoms with Crippen LogP contribution in [0.15, 0.2) is 21.3 Å². The molecule has 0 rings (SSSR count). The van der Waals surface area contributed by atoms with Gasteiger partial charge in [-0.2, -0.15) is 0 Å². The van der Waals surface area contributed by atoms with Crippen LogP contribution in [-0.2, 0) is 0 Å². The van der Waals surface area contributed by atoms with Crippen molar-refractivity contribution in [1.29, 1.82) is 0 Å². The predicted molar refractivity (Wildman–Crippen MR) is 56.4 cm³/mol. The summed E-state index contributed by atoms with van der Waals surface area (Å²) in [7, 11) is 0. The number of rotatable bonds is 3. The summed E-state index contributed by atoms with van der Waals surface area (Å²) in [5.74, 6) is 0. The zero-order chi connectivity index (χ0) is 7.98. The van der Waals surface area contributed by atoms with Crippen LogP contribution in [0.1, 0.15) is 33.6 Å². The molecule has 0 aliphatic heterocycles. The van der Waals surface area contributed by atoms with Gasteiger partial charge in [0.25, 0.3) is 0 Å². The Labute approximate surface area is 77.5 Å². The average Bonchev–Trinajstić information content (AvgIpc) is 1.87. The fourth-order valence-corrected chi connectivity index (χ4v) is 0.954. The molecule has 0 amide bonds. The first kappa shape index (κ1) is 10.2. The molecule has 0 fully saturated rings. The third kappa shape index (κ3) is 6.33. The maximum Gasteiger partial charge on any atom is -0.0244 e. The van der Waals surface area contributed by atoms with Crippen molar-refractivity contribution in [2.75, 3.05) is 0 Å². The first-order valence-electron chi connectivity index (χ1n) is 3.56. The summed E-state index contributed by atoms with van der Waals surface area (Å²) in [5, 5.41) is 0. The molecule has 0 aliphatic rings. The van der Waals surface area contributed by atoms with Crippen LogP contribution < -0.4 is 0 Å². The molecule has 0 saturated heterocycles. The largest absolute Gasteiger partial charge is 0.0856 e. The summed E-state index contributed by atoms with van der Waals surface area (Å²) in [6.45, 7) is 6.46. The quantitative estimate of drug-likeness (QED) is 0.523. The van der Waals surface area contributed by atoms with Gasteiger partial charge < -0.3 is 0 Å². The first-order valence-corrected chi connectivity index (χ1v) is 4.80. The van der Waals surface area contributed by atoms with E-state index in [-0.39, 0.29) is 0 Å². The van der Waals surface area contributed by atoms with Crippen LogP contribution in [0.4, 0.5) is 0 Å². The highest BCUT2D eigenvalue weighted by Crippen LogP contribution is 2.08. The van der Waals surface area contributed by atoms with Crippen molar-refractivity contribution >= 4 is 22.6 Å². The Morgan fingerprint density at radius 1 is 1.30 bits per heavy atom. The molecule has 0 heterocycles. The number of hydrogen-bond donors (Lipinski definition) is 0. The van der Waals surface area contributed by atoms with Crippen molar-refractivity contribution in [2.24, 2.45) is 0 Å². The Morgan fingerprint density at radius 3 is 2.30 bits per heavy atom. The SMILES string of the molecule is CC(C)=CCCC(C)=CI. The van der Waals surface area contributed by atoms with E-state index in [0.29, 0.717) is 0 Å². The normalized spacial score (nSPS) is 11.4. The fraction of sp³-hybridized carbons (Fsp3) is 0.556. The number of hydrogen-bond acceptors (Lipinski definition) is 0. The molecule has 1 heteroatoms. The van der Waals surface area contributed by atoms with Gasteiger partial charge in [-0.3, -0.25) is 0 Å². The molecular formula is C9H15I. The van der Waals surface area contributed by atoms with E-state index < -0.39 is 0 Å². The zero-order valence-corrected chi connectivity index (χ0v) is 9.10. The van der Waals surface area contributed by atoms with E-state index in [9.17, 15) is 0 Å². The van der Waals surface area contributed by atoms with Gasteiger partial charge in [-0.1, -0.05) is 39.8 Å². The molecule has 0 spiro atoms. The zero-order valence-electron chi connectivity index (χ0n) is 6.95. The summed E-state index contributed by atoms with van der Waals surface area (Å²) in [5.41, 5.74) is 2.89. The lowest BCUT2D eigenvalue weighted by atomic mass is 10.1.